The Morgan fingerprint density at radius 2 is 1.58 bits per heavy atom. The van der Waals surface area contributed by atoms with E-state index in [1.807, 2.05) is 0 Å². The van der Waals surface area contributed by atoms with Crippen LogP contribution in [0, 0.1) is 0 Å². The van der Waals surface area contributed by atoms with Gasteiger partial charge in [0, 0.05) is 17.0 Å². The van der Waals surface area contributed by atoms with Gasteiger partial charge >= 0.3 is 6.01 Å². The molecule has 2 aromatic carbocycles. The molecule has 0 fully saturated rings. The van der Waals surface area contributed by atoms with Crippen molar-refractivity contribution < 1.29 is 26.0 Å². The van der Waals surface area contributed by atoms with Crippen LogP contribution in [0.1, 0.15) is 26.7 Å². The average molecular weight is 512 g/mol. The van der Waals surface area contributed by atoms with Crippen molar-refractivity contribution in [2.75, 3.05) is 11.1 Å². The van der Waals surface area contributed by atoms with E-state index in [1.165, 1.54) is 48.5 Å². The summed E-state index contributed by atoms with van der Waals surface area (Å²) in [6.45, 7) is 3.20. The van der Waals surface area contributed by atoms with E-state index in [9.17, 15) is 21.6 Å². The van der Waals surface area contributed by atoms with E-state index in [0.29, 0.717) is 10.6 Å². The fourth-order valence-electron chi connectivity index (χ4n) is 2.81. The molecule has 3 rings (SSSR count). The van der Waals surface area contributed by atoms with Crippen molar-refractivity contribution in [1.29, 1.82) is 0 Å². The van der Waals surface area contributed by atoms with E-state index in [0.717, 1.165) is 0 Å². The summed E-state index contributed by atoms with van der Waals surface area (Å²) in [6, 6.07) is 11.7. The van der Waals surface area contributed by atoms with E-state index in [1.54, 1.807) is 13.8 Å². The molecule has 1 aromatic heterocycles. The third-order valence-electron chi connectivity index (χ3n) is 4.71. The second kappa shape index (κ2) is 10.0. The Balaban J connectivity index is 1.56. The number of aromatic nitrogens is 2. The first kappa shape index (κ1) is 24.9. The van der Waals surface area contributed by atoms with Crippen LogP contribution in [0.2, 0.25) is 5.02 Å². The number of hydrogen-bond donors (Lipinski definition) is 1. The maximum atomic E-state index is 12.3. The van der Waals surface area contributed by atoms with E-state index in [4.69, 9.17) is 16.0 Å². The Morgan fingerprint density at radius 1 is 0.970 bits per heavy atom. The first-order valence-electron chi connectivity index (χ1n) is 9.95. The minimum absolute atomic E-state index is 0.0632. The quantitative estimate of drug-likeness (QED) is 0.458. The van der Waals surface area contributed by atoms with Crippen molar-refractivity contribution in [3.8, 4) is 11.5 Å². The van der Waals surface area contributed by atoms with Gasteiger partial charge in [-0.3, -0.25) is 10.1 Å². The van der Waals surface area contributed by atoms with Crippen LogP contribution in [0.3, 0.4) is 0 Å². The third-order valence-corrected chi connectivity index (χ3v) is 8.95. The summed E-state index contributed by atoms with van der Waals surface area (Å²) in [5.41, 5.74) is 0.486. The predicted molar refractivity (Wildman–Crippen MR) is 123 cm³/mol. The molecule has 3 aromatic rings. The molecule has 12 heteroatoms. The van der Waals surface area contributed by atoms with Crippen LogP contribution >= 0.6 is 11.6 Å². The normalized spacial score (nSPS) is 12.1. The van der Waals surface area contributed by atoms with Crippen LogP contribution in [-0.4, -0.2) is 43.9 Å². The molecule has 0 atom stereocenters. The Morgan fingerprint density at radius 3 is 2.18 bits per heavy atom. The van der Waals surface area contributed by atoms with E-state index in [-0.39, 0.29) is 40.3 Å². The van der Waals surface area contributed by atoms with E-state index < -0.39 is 30.8 Å². The second-order valence-corrected chi connectivity index (χ2v) is 12.5. The molecular formula is C21H22ClN3O6S2. The molecular weight excluding hydrogens is 490 g/mol. The Kier molecular flexibility index (Phi) is 7.55. The maximum Gasteiger partial charge on any atom is 0.322 e. The van der Waals surface area contributed by atoms with Crippen molar-refractivity contribution in [1.82, 2.24) is 10.2 Å². The number of sulfone groups is 2. The number of benzene rings is 2. The molecule has 0 unspecified atom stereocenters. The summed E-state index contributed by atoms with van der Waals surface area (Å²) >= 11 is 5.77. The highest BCUT2D eigenvalue weighted by Crippen LogP contribution is 2.23. The van der Waals surface area contributed by atoms with Gasteiger partial charge in [-0.05, 0) is 68.8 Å². The lowest BCUT2D eigenvalue weighted by Crippen LogP contribution is -2.14. The molecule has 0 saturated heterocycles. The zero-order valence-electron chi connectivity index (χ0n) is 17.9. The number of nitrogens with one attached hydrogen (secondary N) is 1. The van der Waals surface area contributed by atoms with Gasteiger partial charge in [0.05, 0.1) is 20.8 Å². The minimum atomic E-state index is -3.53. The summed E-state index contributed by atoms with van der Waals surface area (Å²) in [4.78, 5) is 12.4. The fraction of sp³-hybridized carbons (Fsp3) is 0.286. The number of nitrogens with zero attached hydrogens (tertiary/aromatic N) is 2. The lowest BCUT2D eigenvalue weighted by atomic mass is 10.2. The van der Waals surface area contributed by atoms with Crippen LogP contribution in [0.5, 0.6) is 0 Å². The Hall–Kier alpha value is -2.76. The summed E-state index contributed by atoms with van der Waals surface area (Å²) in [7, 11) is -6.93. The summed E-state index contributed by atoms with van der Waals surface area (Å²) in [5.74, 6) is -0.582. The molecule has 33 heavy (non-hydrogen) atoms. The number of carbonyl (C=O) groups excluding carboxylic acids is 1. The third kappa shape index (κ3) is 6.18. The van der Waals surface area contributed by atoms with Gasteiger partial charge in [0.25, 0.3) is 0 Å². The highest BCUT2D eigenvalue weighted by atomic mass is 35.5. The van der Waals surface area contributed by atoms with Crippen LogP contribution in [0.15, 0.2) is 62.7 Å². The van der Waals surface area contributed by atoms with Crippen molar-refractivity contribution >= 4 is 43.2 Å². The molecule has 0 radical (unpaired) electrons. The van der Waals surface area contributed by atoms with Crippen molar-refractivity contribution in [2.24, 2.45) is 0 Å². The zero-order chi connectivity index (χ0) is 24.2. The highest BCUT2D eigenvalue weighted by Gasteiger charge is 2.20. The van der Waals surface area contributed by atoms with Gasteiger partial charge in [0.2, 0.25) is 11.8 Å². The molecule has 1 heterocycles. The smallest absolute Gasteiger partial charge is 0.322 e. The number of rotatable bonds is 9. The SMILES string of the molecule is CC(C)S(=O)(=O)c1ccc(-c2nnc(NC(=O)CCCS(=O)(=O)c3ccc(Cl)cc3)o2)cc1. The molecule has 176 valence electrons. The molecule has 0 saturated carbocycles. The molecule has 9 nitrogen and oxygen atoms in total. The molecule has 1 amide bonds. The standard InChI is InChI=1S/C21H22ClN3O6S2/c1-14(2)33(29,30)18-9-5-15(6-10-18)20-24-25-21(31-20)23-19(26)4-3-13-32(27,28)17-11-7-16(22)8-12-17/h5-12,14H,3-4,13H2,1-2H3,(H,23,25,26). The van der Waals surface area contributed by atoms with Gasteiger partial charge in [-0.1, -0.05) is 16.7 Å². The van der Waals surface area contributed by atoms with E-state index >= 15 is 0 Å². The summed E-state index contributed by atoms with van der Waals surface area (Å²) < 4.78 is 54.4. The summed E-state index contributed by atoms with van der Waals surface area (Å²) in [5, 5.41) is 9.91. The van der Waals surface area contributed by atoms with Gasteiger partial charge < -0.3 is 4.42 Å². The van der Waals surface area contributed by atoms with Crippen LogP contribution in [-0.2, 0) is 24.5 Å². The zero-order valence-corrected chi connectivity index (χ0v) is 20.2. The lowest BCUT2D eigenvalue weighted by molar-refractivity contribution is -0.116. The Labute approximate surface area is 197 Å². The first-order chi connectivity index (χ1) is 15.5. The van der Waals surface area contributed by atoms with Gasteiger partial charge in [0.1, 0.15) is 0 Å². The molecule has 0 aliphatic carbocycles. The fourth-order valence-corrected chi connectivity index (χ4v) is 5.31. The summed E-state index contributed by atoms with van der Waals surface area (Å²) in [6.07, 6.45) is 0.0376. The van der Waals surface area contributed by atoms with Crippen LogP contribution in [0.4, 0.5) is 6.01 Å². The highest BCUT2D eigenvalue weighted by molar-refractivity contribution is 7.92. The van der Waals surface area contributed by atoms with E-state index in [2.05, 4.69) is 15.5 Å². The maximum absolute atomic E-state index is 12.3. The minimum Gasteiger partial charge on any atom is -0.403 e. The molecule has 0 aliphatic heterocycles. The molecule has 0 spiro atoms. The van der Waals surface area contributed by atoms with Gasteiger partial charge in [-0.25, -0.2) is 16.8 Å². The second-order valence-electron chi connectivity index (χ2n) is 7.46. The van der Waals surface area contributed by atoms with Gasteiger partial charge in [-0.15, -0.1) is 5.10 Å². The van der Waals surface area contributed by atoms with Gasteiger partial charge in [-0.2, -0.15) is 0 Å². The van der Waals surface area contributed by atoms with Crippen molar-refractivity contribution in [2.45, 2.75) is 41.7 Å². The van der Waals surface area contributed by atoms with Crippen molar-refractivity contribution in [3.05, 3.63) is 53.6 Å². The van der Waals surface area contributed by atoms with Crippen molar-refractivity contribution in [3.63, 3.8) is 0 Å². The predicted octanol–water partition coefficient (Wildman–Crippen LogP) is 3.76. The van der Waals surface area contributed by atoms with Gasteiger partial charge in [0.15, 0.2) is 19.7 Å². The number of amides is 1. The number of anilines is 1. The number of carbonyl (C=O) groups is 1. The molecule has 0 bridgehead atoms. The molecule has 1 N–H and O–H groups in total. The van der Waals surface area contributed by atoms with Crippen LogP contribution in [0.25, 0.3) is 11.5 Å². The lowest BCUT2D eigenvalue weighted by Gasteiger charge is -2.07. The Bertz CT molecular complexity index is 1330. The monoisotopic (exact) mass is 511 g/mol. The number of hydrogen-bond acceptors (Lipinski definition) is 8. The largest absolute Gasteiger partial charge is 0.403 e. The number of halogens is 1. The average Bonchev–Trinajstić information content (AvgIpc) is 3.22. The topological polar surface area (TPSA) is 136 Å². The van der Waals surface area contributed by atoms with Crippen LogP contribution < -0.4 is 5.32 Å². The molecule has 0 aliphatic rings. The first-order valence-corrected chi connectivity index (χ1v) is 13.5.